The molecular formula is C14H22F2O3Si. The minimum Gasteiger partial charge on any atom is -0.390 e. The molecule has 0 saturated carbocycles. The van der Waals surface area contributed by atoms with E-state index < -0.39 is 20.4 Å². The zero-order chi connectivity index (χ0) is 15.3. The Kier molecular flexibility index (Phi) is 6.26. The molecule has 0 radical (unpaired) electrons. The van der Waals surface area contributed by atoms with E-state index in [0.717, 1.165) is 12.1 Å². The fourth-order valence-electron chi connectivity index (χ4n) is 1.88. The Bertz CT molecular complexity index is 428. The molecule has 20 heavy (non-hydrogen) atoms. The Labute approximate surface area is 119 Å². The molecule has 0 aromatic heterocycles. The molecule has 3 nitrogen and oxygen atoms in total. The molecule has 0 bridgehead atoms. The summed E-state index contributed by atoms with van der Waals surface area (Å²) in [5, 5.41) is 0. The van der Waals surface area contributed by atoms with E-state index in [2.05, 4.69) is 0 Å². The Morgan fingerprint density at radius 1 is 1.05 bits per heavy atom. The maximum Gasteiger partial charge on any atom is 0.498 e. The molecule has 0 aliphatic carbocycles. The molecule has 6 heteroatoms. The molecule has 0 aliphatic rings. The monoisotopic (exact) mass is 304 g/mol. The lowest BCUT2D eigenvalue weighted by Crippen LogP contribution is -2.46. The predicted octanol–water partition coefficient (Wildman–Crippen LogP) is 3.29. The third kappa shape index (κ3) is 5.66. The number of halogens is 2. The van der Waals surface area contributed by atoms with Gasteiger partial charge in [0.2, 0.25) is 0 Å². The van der Waals surface area contributed by atoms with Gasteiger partial charge in [0.25, 0.3) is 0 Å². The highest BCUT2D eigenvalue weighted by Gasteiger charge is 2.38. The standard InChI is InChI=1S/C14H22F2O3Si/c1-10(2)18-20(17,19-11(3)4)8-7-12-5-6-13(15)14(16)9-12/h5-6,9-11,17H,7-8H2,1-4H3. The number of benzene rings is 1. The molecule has 0 spiro atoms. The van der Waals surface area contributed by atoms with Crippen molar-refractivity contribution in [2.75, 3.05) is 0 Å². The Hall–Kier alpha value is -0.823. The number of rotatable bonds is 7. The highest BCUT2D eigenvalue weighted by molar-refractivity contribution is 6.59. The molecule has 0 saturated heterocycles. The molecule has 1 N–H and O–H groups in total. The van der Waals surface area contributed by atoms with Crippen LogP contribution in [0.15, 0.2) is 18.2 Å². The molecular weight excluding hydrogens is 282 g/mol. The molecule has 0 fully saturated rings. The summed E-state index contributed by atoms with van der Waals surface area (Å²) in [6.45, 7) is 7.27. The van der Waals surface area contributed by atoms with Crippen molar-refractivity contribution < 1.29 is 22.4 Å². The Morgan fingerprint density at radius 2 is 1.60 bits per heavy atom. The van der Waals surface area contributed by atoms with Gasteiger partial charge in [0.1, 0.15) is 0 Å². The van der Waals surface area contributed by atoms with Gasteiger partial charge in [-0.2, -0.15) is 0 Å². The van der Waals surface area contributed by atoms with E-state index in [1.807, 2.05) is 27.7 Å². The summed E-state index contributed by atoms with van der Waals surface area (Å²) >= 11 is 0. The maximum atomic E-state index is 13.1. The summed E-state index contributed by atoms with van der Waals surface area (Å²) in [4.78, 5) is 10.5. The second-order valence-electron chi connectivity index (χ2n) is 5.29. The topological polar surface area (TPSA) is 38.7 Å². The molecule has 0 aliphatic heterocycles. The van der Waals surface area contributed by atoms with E-state index in [0.29, 0.717) is 12.0 Å². The molecule has 0 amide bonds. The summed E-state index contributed by atoms with van der Waals surface area (Å²) in [5.74, 6) is -1.76. The van der Waals surface area contributed by atoms with Crippen LogP contribution in [0.4, 0.5) is 8.78 Å². The van der Waals surface area contributed by atoms with Crippen LogP contribution in [0, 0.1) is 11.6 Å². The molecule has 0 heterocycles. The van der Waals surface area contributed by atoms with Crippen molar-refractivity contribution in [2.45, 2.75) is 52.4 Å². The Morgan fingerprint density at radius 3 is 2.05 bits per heavy atom. The van der Waals surface area contributed by atoms with E-state index >= 15 is 0 Å². The lowest BCUT2D eigenvalue weighted by atomic mass is 10.2. The molecule has 0 unspecified atom stereocenters. The van der Waals surface area contributed by atoms with E-state index in [-0.39, 0.29) is 18.3 Å². The smallest absolute Gasteiger partial charge is 0.390 e. The first-order chi connectivity index (χ1) is 9.22. The van der Waals surface area contributed by atoms with E-state index in [1.165, 1.54) is 6.07 Å². The van der Waals surface area contributed by atoms with Crippen molar-refractivity contribution in [3.63, 3.8) is 0 Å². The zero-order valence-electron chi connectivity index (χ0n) is 12.3. The van der Waals surface area contributed by atoms with Crippen molar-refractivity contribution in [1.82, 2.24) is 0 Å². The van der Waals surface area contributed by atoms with E-state index in [9.17, 15) is 13.6 Å². The van der Waals surface area contributed by atoms with Gasteiger partial charge in [-0.05, 0) is 51.8 Å². The molecule has 0 atom stereocenters. The van der Waals surface area contributed by atoms with Gasteiger partial charge in [0, 0.05) is 18.3 Å². The number of hydrogen-bond acceptors (Lipinski definition) is 3. The van der Waals surface area contributed by atoms with Crippen LogP contribution in [-0.2, 0) is 15.3 Å². The van der Waals surface area contributed by atoms with Gasteiger partial charge in [0.05, 0.1) is 0 Å². The van der Waals surface area contributed by atoms with Crippen molar-refractivity contribution in [2.24, 2.45) is 0 Å². The first kappa shape index (κ1) is 17.2. The van der Waals surface area contributed by atoms with Crippen LogP contribution in [0.1, 0.15) is 33.3 Å². The van der Waals surface area contributed by atoms with Crippen molar-refractivity contribution in [1.29, 1.82) is 0 Å². The third-order valence-electron chi connectivity index (χ3n) is 2.55. The summed E-state index contributed by atoms with van der Waals surface area (Å²) in [6, 6.07) is 3.99. The van der Waals surface area contributed by atoms with E-state index in [4.69, 9.17) is 8.85 Å². The first-order valence-corrected chi connectivity index (χ1v) is 8.71. The maximum absolute atomic E-state index is 13.1. The fourth-order valence-corrected chi connectivity index (χ4v) is 4.25. The molecule has 1 rings (SSSR count). The van der Waals surface area contributed by atoms with Crippen molar-refractivity contribution in [3.05, 3.63) is 35.4 Å². The number of aryl methyl sites for hydroxylation is 1. The minimum absolute atomic E-state index is 0.157. The van der Waals surface area contributed by atoms with Gasteiger partial charge < -0.3 is 13.6 Å². The van der Waals surface area contributed by atoms with Crippen LogP contribution < -0.4 is 0 Å². The molecule has 1 aromatic rings. The van der Waals surface area contributed by atoms with Crippen molar-refractivity contribution >= 4 is 8.80 Å². The van der Waals surface area contributed by atoms with E-state index in [1.54, 1.807) is 0 Å². The van der Waals surface area contributed by atoms with Crippen LogP contribution in [0.2, 0.25) is 6.04 Å². The summed E-state index contributed by atoms with van der Waals surface area (Å²) in [7, 11) is -3.31. The normalized spacial score (nSPS) is 12.4. The second kappa shape index (κ2) is 7.26. The average Bonchev–Trinajstić information content (AvgIpc) is 2.28. The Balaban J connectivity index is 2.72. The predicted molar refractivity (Wildman–Crippen MR) is 75.3 cm³/mol. The molecule has 114 valence electrons. The third-order valence-corrected chi connectivity index (χ3v) is 5.11. The lowest BCUT2D eigenvalue weighted by molar-refractivity contribution is 0.0478. The summed E-state index contributed by atoms with van der Waals surface area (Å²) in [6.07, 6.45) is 0.0602. The van der Waals surface area contributed by atoms with Gasteiger partial charge in [0.15, 0.2) is 11.6 Å². The second-order valence-corrected chi connectivity index (χ2v) is 7.69. The zero-order valence-corrected chi connectivity index (χ0v) is 13.3. The average molecular weight is 304 g/mol. The number of hydrogen-bond donors (Lipinski definition) is 1. The van der Waals surface area contributed by atoms with Gasteiger partial charge in [-0.1, -0.05) is 6.07 Å². The largest absolute Gasteiger partial charge is 0.498 e. The lowest BCUT2D eigenvalue weighted by Gasteiger charge is -2.28. The first-order valence-electron chi connectivity index (χ1n) is 6.74. The summed E-state index contributed by atoms with van der Waals surface area (Å²) in [5.41, 5.74) is 0.606. The quantitative estimate of drug-likeness (QED) is 0.786. The van der Waals surface area contributed by atoms with Crippen LogP contribution in [0.3, 0.4) is 0 Å². The molecule has 1 aromatic carbocycles. The van der Waals surface area contributed by atoms with Crippen LogP contribution >= 0.6 is 0 Å². The fraction of sp³-hybridized carbons (Fsp3) is 0.571. The van der Waals surface area contributed by atoms with Crippen LogP contribution in [0.5, 0.6) is 0 Å². The van der Waals surface area contributed by atoms with Crippen LogP contribution in [-0.4, -0.2) is 25.8 Å². The van der Waals surface area contributed by atoms with Gasteiger partial charge in [-0.25, -0.2) is 8.78 Å². The van der Waals surface area contributed by atoms with Crippen molar-refractivity contribution in [3.8, 4) is 0 Å². The van der Waals surface area contributed by atoms with Gasteiger partial charge >= 0.3 is 8.80 Å². The van der Waals surface area contributed by atoms with Gasteiger partial charge in [-0.3, -0.25) is 0 Å². The van der Waals surface area contributed by atoms with Crippen LogP contribution in [0.25, 0.3) is 0 Å². The minimum atomic E-state index is -3.31. The van der Waals surface area contributed by atoms with Gasteiger partial charge in [-0.15, -0.1) is 0 Å². The SMILES string of the molecule is CC(C)O[Si](O)(CCc1ccc(F)c(F)c1)OC(C)C. The summed E-state index contributed by atoms with van der Waals surface area (Å²) < 4.78 is 37.0. The highest BCUT2D eigenvalue weighted by Crippen LogP contribution is 2.19. The highest BCUT2D eigenvalue weighted by atomic mass is 28.4.